The van der Waals surface area contributed by atoms with Crippen LogP contribution in [0.15, 0.2) is 60.5 Å². The fourth-order valence-corrected chi connectivity index (χ4v) is 5.98. The Bertz CT molecular complexity index is 835. The molecule has 0 radical (unpaired) electrons. The summed E-state index contributed by atoms with van der Waals surface area (Å²) in [6, 6.07) is 9.97. The Labute approximate surface area is 149 Å². The van der Waals surface area contributed by atoms with Gasteiger partial charge in [-0.05, 0) is 51.6 Å². The van der Waals surface area contributed by atoms with E-state index in [4.69, 9.17) is 4.42 Å². The molecule has 0 fully saturated rings. The van der Waals surface area contributed by atoms with Crippen LogP contribution in [-0.2, 0) is 15.6 Å². The molecule has 0 aromatic carbocycles. The summed E-state index contributed by atoms with van der Waals surface area (Å²) in [5.74, 6) is 0.287. The summed E-state index contributed by atoms with van der Waals surface area (Å²) >= 11 is 5.67. The molecular formula is C14H12BrNO4S3. The van der Waals surface area contributed by atoms with Gasteiger partial charge in [-0.15, -0.1) is 22.7 Å². The average Bonchev–Trinajstić information content (AvgIpc) is 3.25. The normalized spacial score (nSPS) is 14.7. The third-order valence-electron chi connectivity index (χ3n) is 3.19. The maximum absolute atomic E-state index is 12.4. The van der Waals surface area contributed by atoms with Gasteiger partial charge in [-0.25, -0.2) is 13.1 Å². The molecule has 0 spiro atoms. The minimum Gasteiger partial charge on any atom is -0.466 e. The molecule has 3 rings (SSSR count). The Morgan fingerprint density at radius 1 is 1.26 bits per heavy atom. The molecule has 0 aliphatic rings. The molecule has 0 saturated carbocycles. The number of nitrogens with one attached hydrogen (secondary N) is 1. The highest BCUT2D eigenvalue weighted by Gasteiger charge is 2.37. The van der Waals surface area contributed by atoms with Crippen LogP contribution in [0.3, 0.4) is 0 Å². The van der Waals surface area contributed by atoms with Crippen LogP contribution in [0.4, 0.5) is 0 Å². The van der Waals surface area contributed by atoms with E-state index in [2.05, 4.69) is 20.7 Å². The van der Waals surface area contributed by atoms with Crippen LogP contribution >= 0.6 is 38.6 Å². The molecule has 0 amide bonds. The zero-order valence-corrected chi connectivity index (χ0v) is 15.6. The van der Waals surface area contributed by atoms with E-state index in [0.717, 1.165) is 15.1 Å². The van der Waals surface area contributed by atoms with Crippen LogP contribution in [0.25, 0.3) is 0 Å². The van der Waals surface area contributed by atoms with E-state index in [-0.39, 0.29) is 16.5 Å². The lowest BCUT2D eigenvalue weighted by molar-refractivity contribution is 0.0655. The lowest BCUT2D eigenvalue weighted by Gasteiger charge is -2.25. The SMILES string of the molecule is O=S(=O)(NCC(O)(c1ccco1)c1cccs1)c1ccc(Br)s1. The van der Waals surface area contributed by atoms with Crippen molar-refractivity contribution in [2.45, 2.75) is 9.81 Å². The standard InChI is InChI=1S/C14H12BrNO4S3/c15-12-5-6-13(22-12)23(18,19)16-9-14(17,10-3-1-7-20-10)11-4-2-8-21-11/h1-8,16-17H,9H2. The molecule has 23 heavy (non-hydrogen) atoms. The van der Waals surface area contributed by atoms with Gasteiger partial charge in [0.25, 0.3) is 0 Å². The summed E-state index contributed by atoms with van der Waals surface area (Å²) in [5.41, 5.74) is -1.56. The van der Waals surface area contributed by atoms with Crippen molar-refractivity contribution in [3.63, 3.8) is 0 Å². The second-order valence-electron chi connectivity index (χ2n) is 4.70. The zero-order chi connectivity index (χ0) is 16.5. The second kappa shape index (κ2) is 6.50. The molecular weight excluding hydrogens is 422 g/mol. The lowest BCUT2D eigenvalue weighted by Crippen LogP contribution is -2.40. The van der Waals surface area contributed by atoms with Gasteiger partial charge in [0.1, 0.15) is 9.97 Å². The number of thiophene rings is 2. The summed E-state index contributed by atoms with van der Waals surface area (Å²) in [4.78, 5) is 0.600. The molecule has 0 aliphatic carbocycles. The van der Waals surface area contributed by atoms with Gasteiger partial charge < -0.3 is 9.52 Å². The Balaban J connectivity index is 1.89. The summed E-state index contributed by atoms with van der Waals surface area (Å²) in [6.45, 7) is -0.223. The van der Waals surface area contributed by atoms with Gasteiger partial charge in [0.05, 0.1) is 16.6 Å². The van der Waals surface area contributed by atoms with Crippen molar-refractivity contribution < 1.29 is 17.9 Å². The minimum absolute atomic E-state index is 0.178. The maximum atomic E-state index is 12.4. The number of hydrogen-bond acceptors (Lipinski definition) is 6. The van der Waals surface area contributed by atoms with E-state index in [1.807, 2.05) is 5.38 Å². The van der Waals surface area contributed by atoms with E-state index in [1.54, 1.807) is 30.3 Å². The van der Waals surface area contributed by atoms with Crippen molar-refractivity contribution in [1.82, 2.24) is 4.72 Å². The average molecular weight is 434 g/mol. The quantitative estimate of drug-likeness (QED) is 0.624. The monoisotopic (exact) mass is 433 g/mol. The highest BCUT2D eigenvalue weighted by Crippen LogP contribution is 2.33. The lowest BCUT2D eigenvalue weighted by atomic mass is 9.99. The maximum Gasteiger partial charge on any atom is 0.250 e. The van der Waals surface area contributed by atoms with Gasteiger partial charge in [0.15, 0.2) is 5.60 Å². The first-order valence-corrected chi connectivity index (χ1v) is 10.4. The van der Waals surface area contributed by atoms with Crippen molar-refractivity contribution in [3.05, 3.63) is 62.5 Å². The zero-order valence-electron chi connectivity index (χ0n) is 11.6. The number of aliphatic hydroxyl groups is 1. The fraction of sp³-hybridized carbons (Fsp3) is 0.143. The number of furan rings is 1. The van der Waals surface area contributed by atoms with Crippen LogP contribution in [0.5, 0.6) is 0 Å². The van der Waals surface area contributed by atoms with Crippen molar-refractivity contribution in [2.75, 3.05) is 6.54 Å². The largest absolute Gasteiger partial charge is 0.466 e. The van der Waals surface area contributed by atoms with Crippen LogP contribution in [0.2, 0.25) is 0 Å². The number of halogens is 1. The van der Waals surface area contributed by atoms with E-state index >= 15 is 0 Å². The summed E-state index contributed by atoms with van der Waals surface area (Å²) in [7, 11) is -3.71. The van der Waals surface area contributed by atoms with Crippen molar-refractivity contribution in [3.8, 4) is 0 Å². The Morgan fingerprint density at radius 3 is 2.65 bits per heavy atom. The predicted molar refractivity (Wildman–Crippen MR) is 93.2 cm³/mol. The van der Waals surface area contributed by atoms with Crippen LogP contribution < -0.4 is 4.72 Å². The minimum atomic E-state index is -3.71. The number of rotatable bonds is 6. The van der Waals surface area contributed by atoms with E-state index in [1.165, 1.54) is 23.7 Å². The Hall–Kier alpha value is -0.970. The van der Waals surface area contributed by atoms with Crippen LogP contribution in [-0.4, -0.2) is 20.1 Å². The third-order valence-corrected chi connectivity index (χ3v) is 7.73. The second-order valence-corrected chi connectivity index (χ2v) is 10.1. The summed E-state index contributed by atoms with van der Waals surface area (Å²) in [6.07, 6.45) is 1.44. The molecule has 0 bridgehead atoms. The van der Waals surface area contributed by atoms with Crippen molar-refractivity contribution >= 4 is 48.6 Å². The Kier molecular flexibility index (Phi) is 4.77. The van der Waals surface area contributed by atoms with Gasteiger partial charge in [-0.3, -0.25) is 0 Å². The molecule has 5 nitrogen and oxygen atoms in total. The van der Waals surface area contributed by atoms with E-state index < -0.39 is 15.6 Å². The highest BCUT2D eigenvalue weighted by molar-refractivity contribution is 9.11. The highest BCUT2D eigenvalue weighted by atomic mass is 79.9. The van der Waals surface area contributed by atoms with E-state index in [9.17, 15) is 13.5 Å². The summed E-state index contributed by atoms with van der Waals surface area (Å²) < 4.78 is 33.4. The topological polar surface area (TPSA) is 79.5 Å². The molecule has 0 saturated heterocycles. The molecule has 3 aromatic heterocycles. The first-order valence-electron chi connectivity index (χ1n) is 6.47. The predicted octanol–water partition coefficient (Wildman–Crippen LogP) is 3.38. The number of hydrogen-bond donors (Lipinski definition) is 2. The van der Waals surface area contributed by atoms with Crippen molar-refractivity contribution in [2.24, 2.45) is 0 Å². The molecule has 122 valence electrons. The summed E-state index contributed by atoms with van der Waals surface area (Å²) in [5, 5.41) is 12.8. The molecule has 3 aromatic rings. The molecule has 2 N–H and O–H groups in total. The van der Waals surface area contributed by atoms with Crippen LogP contribution in [0, 0.1) is 0 Å². The van der Waals surface area contributed by atoms with Crippen molar-refractivity contribution in [1.29, 1.82) is 0 Å². The number of sulfonamides is 1. The molecule has 0 aliphatic heterocycles. The first kappa shape index (κ1) is 16.9. The van der Waals surface area contributed by atoms with Gasteiger partial charge >= 0.3 is 0 Å². The Morgan fingerprint density at radius 2 is 2.09 bits per heavy atom. The smallest absolute Gasteiger partial charge is 0.250 e. The molecule has 1 unspecified atom stereocenters. The van der Waals surface area contributed by atoms with Gasteiger partial charge in [0.2, 0.25) is 10.0 Å². The molecule has 1 atom stereocenters. The van der Waals surface area contributed by atoms with E-state index in [0.29, 0.717) is 4.88 Å². The third kappa shape index (κ3) is 3.44. The molecule has 3 heterocycles. The van der Waals surface area contributed by atoms with Crippen LogP contribution in [0.1, 0.15) is 10.6 Å². The van der Waals surface area contributed by atoms with Gasteiger partial charge in [0, 0.05) is 4.88 Å². The fourth-order valence-electron chi connectivity index (χ4n) is 2.04. The first-order chi connectivity index (χ1) is 10.9. The molecule has 9 heteroatoms. The van der Waals surface area contributed by atoms with Gasteiger partial charge in [-0.2, -0.15) is 0 Å². The van der Waals surface area contributed by atoms with Gasteiger partial charge in [-0.1, -0.05) is 6.07 Å².